The summed E-state index contributed by atoms with van der Waals surface area (Å²) in [5.74, 6) is 0.660. The Hall–Kier alpha value is -1.20. The first-order valence-electron chi connectivity index (χ1n) is 7.09. The van der Waals surface area contributed by atoms with Crippen LogP contribution in [0.15, 0.2) is 10.9 Å². The molecule has 0 radical (unpaired) electrons. The zero-order chi connectivity index (χ0) is 13.7. The summed E-state index contributed by atoms with van der Waals surface area (Å²) in [4.78, 5) is 19.1. The summed E-state index contributed by atoms with van der Waals surface area (Å²) < 4.78 is 5.83. The van der Waals surface area contributed by atoms with E-state index in [1.807, 2.05) is 6.92 Å². The highest BCUT2D eigenvalue weighted by atomic mass is 16.5. The average molecular weight is 265 g/mol. The molecule has 19 heavy (non-hydrogen) atoms. The minimum absolute atomic E-state index is 0.103. The number of rotatable bonds is 5. The van der Waals surface area contributed by atoms with Gasteiger partial charge in [-0.25, -0.2) is 4.98 Å². The van der Waals surface area contributed by atoms with Gasteiger partial charge < -0.3 is 15.0 Å². The smallest absolute Gasteiger partial charge is 0.251 e. The molecule has 1 aliphatic heterocycles. The van der Waals surface area contributed by atoms with Crippen molar-refractivity contribution in [1.82, 2.24) is 15.3 Å². The molecule has 0 aromatic carbocycles. The summed E-state index contributed by atoms with van der Waals surface area (Å²) >= 11 is 0. The first-order chi connectivity index (χ1) is 9.14. The highest BCUT2D eigenvalue weighted by Gasteiger charge is 2.32. The number of hydrogen-bond acceptors (Lipinski definition) is 4. The Morgan fingerprint density at radius 2 is 2.37 bits per heavy atom. The summed E-state index contributed by atoms with van der Waals surface area (Å²) in [5, 5.41) is 3.27. The summed E-state index contributed by atoms with van der Waals surface area (Å²) in [6.45, 7) is 6.41. The van der Waals surface area contributed by atoms with Crippen molar-refractivity contribution in [2.75, 3.05) is 13.2 Å². The second-order valence-electron chi connectivity index (χ2n) is 5.30. The minimum Gasteiger partial charge on any atom is -0.367 e. The first kappa shape index (κ1) is 14.2. The molecule has 0 amide bonds. The quantitative estimate of drug-likeness (QED) is 0.795. The van der Waals surface area contributed by atoms with Gasteiger partial charge in [-0.15, -0.1) is 0 Å². The van der Waals surface area contributed by atoms with Gasteiger partial charge in [0.15, 0.2) is 0 Å². The van der Waals surface area contributed by atoms with E-state index < -0.39 is 5.60 Å². The van der Waals surface area contributed by atoms with Crippen LogP contribution in [0.2, 0.25) is 0 Å². The SMILES string of the molecule is CCCNCc1cc(=O)[nH]c(C2(C)CCCCO2)n1. The zero-order valence-electron chi connectivity index (χ0n) is 11.8. The van der Waals surface area contributed by atoms with E-state index >= 15 is 0 Å². The number of ether oxygens (including phenoxy) is 1. The van der Waals surface area contributed by atoms with E-state index in [1.165, 1.54) is 0 Å². The lowest BCUT2D eigenvalue weighted by Crippen LogP contribution is -2.34. The Morgan fingerprint density at radius 1 is 1.53 bits per heavy atom. The molecule has 0 bridgehead atoms. The Bertz CT molecular complexity index is 464. The predicted molar refractivity (Wildman–Crippen MR) is 74.0 cm³/mol. The molecule has 2 heterocycles. The van der Waals surface area contributed by atoms with Crippen molar-refractivity contribution in [3.63, 3.8) is 0 Å². The molecule has 1 saturated heterocycles. The summed E-state index contributed by atoms with van der Waals surface area (Å²) in [6, 6.07) is 1.55. The van der Waals surface area contributed by atoms with Gasteiger partial charge in [-0.2, -0.15) is 0 Å². The number of nitrogens with zero attached hydrogens (tertiary/aromatic N) is 1. The molecule has 1 aromatic rings. The molecular weight excluding hydrogens is 242 g/mol. The van der Waals surface area contributed by atoms with E-state index in [0.29, 0.717) is 12.4 Å². The minimum atomic E-state index is -0.446. The van der Waals surface area contributed by atoms with Crippen LogP contribution >= 0.6 is 0 Å². The van der Waals surface area contributed by atoms with Gasteiger partial charge in [-0.3, -0.25) is 4.79 Å². The highest BCUT2D eigenvalue weighted by molar-refractivity contribution is 5.08. The number of hydrogen-bond donors (Lipinski definition) is 2. The average Bonchev–Trinajstić information content (AvgIpc) is 2.39. The lowest BCUT2D eigenvalue weighted by Gasteiger charge is -2.32. The van der Waals surface area contributed by atoms with Gasteiger partial charge in [-0.05, 0) is 39.2 Å². The fraction of sp³-hybridized carbons (Fsp3) is 0.714. The Labute approximate surface area is 113 Å². The van der Waals surface area contributed by atoms with Gasteiger partial charge in [0.2, 0.25) is 0 Å². The van der Waals surface area contributed by atoms with Crippen molar-refractivity contribution in [1.29, 1.82) is 0 Å². The molecular formula is C14H23N3O2. The van der Waals surface area contributed by atoms with Gasteiger partial charge in [0, 0.05) is 19.2 Å². The number of H-pyrrole nitrogens is 1. The largest absolute Gasteiger partial charge is 0.367 e. The van der Waals surface area contributed by atoms with Crippen molar-refractivity contribution in [2.24, 2.45) is 0 Å². The molecule has 0 saturated carbocycles. The third-order valence-electron chi connectivity index (χ3n) is 3.50. The third kappa shape index (κ3) is 3.64. The maximum atomic E-state index is 11.7. The Balaban J connectivity index is 2.18. The molecule has 106 valence electrons. The molecule has 2 N–H and O–H groups in total. The van der Waals surface area contributed by atoms with E-state index in [-0.39, 0.29) is 5.56 Å². The third-order valence-corrected chi connectivity index (χ3v) is 3.50. The zero-order valence-corrected chi connectivity index (χ0v) is 11.8. The summed E-state index contributed by atoms with van der Waals surface area (Å²) in [7, 11) is 0. The highest BCUT2D eigenvalue weighted by Crippen LogP contribution is 2.31. The predicted octanol–water partition coefficient (Wildman–Crippen LogP) is 1.69. The molecule has 5 nitrogen and oxygen atoms in total. The standard InChI is InChI=1S/C14H23N3O2/c1-3-7-15-10-11-9-12(18)17-13(16-11)14(2)6-4-5-8-19-14/h9,15H,3-8,10H2,1-2H3,(H,16,17,18). The summed E-state index contributed by atoms with van der Waals surface area (Å²) in [6.07, 6.45) is 4.16. The Morgan fingerprint density at radius 3 is 3.05 bits per heavy atom. The van der Waals surface area contributed by atoms with E-state index in [9.17, 15) is 4.79 Å². The maximum absolute atomic E-state index is 11.7. The molecule has 1 aromatic heterocycles. The molecule has 0 spiro atoms. The monoisotopic (exact) mass is 265 g/mol. The van der Waals surface area contributed by atoms with Crippen molar-refractivity contribution in [2.45, 2.75) is 51.7 Å². The first-order valence-corrected chi connectivity index (χ1v) is 7.09. The molecule has 1 atom stereocenters. The lowest BCUT2D eigenvalue weighted by molar-refractivity contribution is -0.0763. The van der Waals surface area contributed by atoms with Crippen molar-refractivity contribution in [3.05, 3.63) is 27.9 Å². The van der Waals surface area contributed by atoms with Gasteiger partial charge in [0.1, 0.15) is 11.4 Å². The molecule has 1 unspecified atom stereocenters. The molecule has 2 rings (SSSR count). The Kier molecular flexibility index (Phi) is 4.71. The molecule has 0 aliphatic carbocycles. The van der Waals surface area contributed by atoms with E-state index in [1.54, 1.807) is 6.07 Å². The van der Waals surface area contributed by atoms with Crippen LogP contribution in [0.3, 0.4) is 0 Å². The van der Waals surface area contributed by atoms with Crippen LogP contribution in [0.4, 0.5) is 0 Å². The normalized spacial score (nSPS) is 23.5. The summed E-state index contributed by atoms with van der Waals surface area (Å²) in [5.41, 5.74) is 0.231. The van der Waals surface area contributed by atoms with Gasteiger partial charge >= 0.3 is 0 Å². The second-order valence-corrected chi connectivity index (χ2v) is 5.30. The fourth-order valence-corrected chi connectivity index (χ4v) is 2.36. The van der Waals surface area contributed by atoms with Crippen LogP contribution in [0.1, 0.15) is 51.0 Å². The lowest BCUT2D eigenvalue weighted by atomic mass is 9.95. The maximum Gasteiger partial charge on any atom is 0.251 e. The van der Waals surface area contributed by atoms with Crippen LogP contribution in [0.5, 0.6) is 0 Å². The number of aromatic nitrogens is 2. The van der Waals surface area contributed by atoms with Crippen LogP contribution in [-0.4, -0.2) is 23.1 Å². The van der Waals surface area contributed by atoms with Gasteiger partial charge in [0.05, 0.1) is 5.69 Å². The van der Waals surface area contributed by atoms with Crippen LogP contribution in [0.25, 0.3) is 0 Å². The molecule has 1 fully saturated rings. The van der Waals surface area contributed by atoms with E-state index in [0.717, 1.165) is 44.5 Å². The van der Waals surface area contributed by atoms with E-state index in [4.69, 9.17) is 4.74 Å². The molecule has 1 aliphatic rings. The van der Waals surface area contributed by atoms with Crippen molar-refractivity contribution >= 4 is 0 Å². The van der Waals surface area contributed by atoms with Crippen LogP contribution in [0, 0.1) is 0 Å². The topological polar surface area (TPSA) is 67.0 Å². The van der Waals surface area contributed by atoms with E-state index in [2.05, 4.69) is 22.2 Å². The van der Waals surface area contributed by atoms with Crippen LogP contribution < -0.4 is 10.9 Å². The second kappa shape index (κ2) is 6.30. The van der Waals surface area contributed by atoms with Crippen molar-refractivity contribution < 1.29 is 4.74 Å². The van der Waals surface area contributed by atoms with Gasteiger partial charge in [-0.1, -0.05) is 6.92 Å². The number of aromatic amines is 1. The van der Waals surface area contributed by atoms with Gasteiger partial charge in [0.25, 0.3) is 5.56 Å². The van der Waals surface area contributed by atoms with Crippen molar-refractivity contribution in [3.8, 4) is 0 Å². The fourth-order valence-electron chi connectivity index (χ4n) is 2.36. The molecule has 5 heteroatoms. The van der Waals surface area contributed by atoms with Crippen LogP contribution in [-0.2, 0) is 16.9 Å². The number of nitrogens with one attached hydrogen (secondary N) is 2.